The minimum Gasteiger partial charge on any atom is -0.497 e. The van der Waals surface area contributed by atoms with Crippen LogP contribution in [-0.4, -0.2) is 32.6 Å². The molecule has 2 amide bonds. The molecule has 0 N–H and O–H groups in total. The zero-order chi connectivity index (χ0) is 23.7. The molecule has 1 aliphatic rings. The summed E-state index contributed by atoms with van der Waals surface area (Å²) in [5, 5.41) is 0. The van der Waals surface area contributed by atoms with E-state index >= 15 is 0 Å². The van der Waals surface area contributed by atoms with Crippen LogP contribution in [0.3, 0.4) is 0 Å². The number of rotatable bonds is 5. The summed E-state index contributed by atoms with van der Waals surface area (Å²) >= 11 is 3.50. The van der Waals surface area contributed by atoms with E-state index in [0.29, 0.717) is 17.2 Å². The lowest BCUT2D eigenvalue weighted by atomic mass is 9.98. The van der Waals surface area contributed by atoms with Crippen molar-refractivity contribution in [1.82, 2.24) is 0 Å². The molecular weight excluding hydrogens is 484 g/mol. The van der Waals surface area contributed by atoms with E-state index in [1.54, 1.807) is 30.2 Å². The van der Waals surface area contributed by atoms with Crippen molar-refractivity contribution < 1.29 is 19.1 Å². The topological polar surface area (TPSA) is 59.1 Å². The molecule has 0 radical (unpaired) electrons. The molecule has 1 saturated heterocycles. The predicted octanol–water partition coefficient (Wildman–Crippen LogP) is 5.20. The van der Waals surface area contributed by atoms with Crippen LogP contribution in [0.25, 0.3) is 0 Å². The van der Waals surface area contributed by atoms with E-state index in [1.165, 1.54) is 12.0 Å². The molecule has 170 valence electrons. The number of carbonyl (C=O) groups is 2. The first-order valence-corrected chi connectivity index (χ1v) is 11.3. The molecule has 0 aromatic heterocycles. The Balaban J connectivity index is 1.86. The second-order valence-electron chi connectivity index (χ2n) is 7.97. The number of hydrogen-bond acceptors (Lipinski definition) is 4. The number of amides is 2. The van der Waals surface area contributed by atoms with Crippen molar-refractivity contribution in [3.05, 3.63) is 81.8 Å². The van der Waals surface area contributed by atoms with Gasteiger partial charge in [0.25, 0.3) is 5.91 Å². The third-order valence-corrected chi connectivity index (χ3v) is 6.27. The van der Waals surface area contributed by atoms with Crippen LogP contribution >= 0.6 is 15.9 Å². The number of piperazine rings is 1. The number of methoxy groups -OCH3 is 2. The fourth-order valence-corrected chi connectivity index (χ4v) is 4.64. The third-order valence-electron chi connectivity index (χ3n) is 5.77. The molecule has 1 aliphatic heterocycles. The standard InChI is InChI=1S/C26H25BrN2O4/c1-16-8-10-21(17(2)12-16)29-24(30)15-28(22-11-9-20(32-3)14-23(22)33-4)26(31)25(29)18-6-5-7-19(27)13-18/h5-14,25H,15H2,1-4H3/t25-/m0/s1. The number of carbonyl (C=O) groups excluding carboxylic acids is 2. The molecule has 0 spiro atoms. The molecule has 0 saturated carbocycles. The van der Waals surface area contributed by atoms with Crippen molar-refractivity contribution in [2.45, 2.75) is 19.9 Å². The van der Waals surface area contributed by atoms with Gasteiger partial charge in [0, 0.05) is 16.2 Å². The van der Waals surface area contributed by atoms with Gasteiger partial charge in [-0.05, 0) is 55.3 Å². The third kappa shape index (κ3) is 4.33. The molecule has 1 fully saturated rings. The highest BCUT2D eigenvalue weighted by molar-refractivity contribution is 9.10. The van der Waals surface area contributed by atoms with Crippen LogP contribution in [0.4, 0.5) is 11.4 Å². The van der Waals surface area contributed by atoms with Gasteiger partial charge in [0.2, 0.25) is 5.91 Å². The number of benzene rings is 3. The second kappa shape index (κ2) is 9.27. The fourth-order valence-electron chi connectivity index (χ4n) is 4.22. The minimum atomic E-state index is -0.822. The Labute approximate surface area is 201 Å². The average Bonchev–Trinajstić information content (AvgIpc) is 2.80. The lowest BCUT2D eigenvalue weighted by molar-refractivity contribution is -0.128. The molecule has 3 aromatic carbocycles. The zero-order valence-corrected chi connectivity index (χ0v) is 20.5. The molecule has 4 rings (SSSR count). The number of anilines is 2. The van der Waals surface area contributed by atoms with Crippen molar-refractivity contribution in [2.24, 2.45) is 0 Å². The highest BCUT2D eigenvalue weighted by Crippen LogP contribution is 2.40. The lowest BCUT2D eigenvalue weighted by Gasteiger charge is -2.41. The van der Waals surface area contributed by atoms with Crippen molar-refractivity contribution >= 4 is 39.1 Å². The monoisotopic (exact) mass is 508 g/mol. The molecule has 6 nitrogen and oxygen atoms in total. The maximum absolute atomic E-state index is 14.0. The lowest BCUT2D eigenvalue weighted by Crippen LogP contribution is -2.56. The van der Waals surface area contributed by atoms with Gasteiger partial charge in [-0.2, -0.15) is 0 Å². The molecule has 1 heterocycles. The second-order valence-corrected chi connectivity index (χ2v) is 8.89. The first kappa shape index (κ1) is 22.9. The quantitative estimate of drug-likeness (QED) is 0.474. The van der Waals surface area contributed by atoms with Crippen molar-refractivity contribution in [3.8, 4) is 11.5 Å². The van der Waals surface area contributed by atoms with Crippen LogP contribution in [0.15, 0.2) is 65.1 Å². The van der Waals surface area contributed by atoms with Gasteiger partial charge in [-0.15, -0.1) is 0 Å². The molecule has 1 atom stereocenters. The molecule has 0 unspecified atom stereocenters. The summed E-state index contributed by atoms with van der Waals surface area (Å²) in [6, 6.07) is 17.8. The summed E-state index contributed by atoms with van der Waals surface area (Å²) in [5.74, 6) is 0.677. The van der Waals surface area contributed by atoms with E-state index in [-0.39, 0.29) is 18.4 Å². The largest absolute Gasteiger partial charge is 0.497 e. The van der Waals surface area contributed by atoms with E-state index in [4.69, 9.17) is 9.47 Å². The first-order valence-electron chi connectivity index (χ1n) is 10.5. The summed E-state index contributed by atoms with van der Waals surface area (Å²) < 4.78 is 11.6. The van der Waals surface area contributed by atoms with Crippen molar-refractivity contribution in [2.75, 3.05) is 30.6 Å². The molecular formula is C26H25BrN2O4. The number of aryl methyl sites for hydroxylation is 2. The Bertz CT molecular complexity index is 1230. The number of halogens is 1. The number of nitrogens with zero attached hydrogens (tertiary/aromatic N) is 2. The maximum Gasteiger partial charge on any atom is 0.255 e. The molecule has 3 aromatic rings. The van der Waals surface area contributed by atoms with Crippen LogP contribution < -0.4 is 19.3 Å². The minimum absolute atomic E-state index is 0.0979. The van der Waals surface area contributed by atoms with E-state index < -0.39 is 6.04 Å². The molecule has 7 heteroatoms. The van der Waals surface area contributed by atoms with Crippen LogP contribution in [0.5, 0.6) is 11.5 Å². The summed E-state index contributed by atoms with van der Waals surface area (Å²) in [6.45, 7) is 3.86. The number of ether oxygens (including phenoxy) is 2. The Morgan fingerprint density at radius 3 is 2.33 bits per heavy atom. The van der Waals surface area contributed by atoms with Gasteiger partial charge in [0.05, 0.1) is 19.9 Å². The molecule has 33 heavy (non-hydrogen) atoms. The van der Waals surface area contributed by atoms with E-state index in [2.05, 4.69) is 15.9 Å². The number of hydrogen-bond donors (Lipinski definition) is 0. The SMILES string of the molecule is COc1ccc(N2CC(=O)N(c3ccc(C)cc3C)[C@@H](c3cccc(Br)c3)C2=O)c(OC)c1. The Hall–Kier alpha value is -3.32. The van der Waals surface area contributed by atoms with Crippen molar-refractivity contribution in [3.63, 3.8) is 0 Å². The van der Waals surface area contributed by atoms with Gasteiger partial charge in [-0.3, -0.25) is 19.4 Å². The predicted molar refractivity (Wildman–Crippen MR) is 132 cm³/mol. The summed E-state index contributed by atoms with van der Waals surface area (Å²) in [5.41, 5.74) is 4.00. The highest BCUT2D eigenvalue weighted by atomic mass is 79.9. The Morgan fingerprint density at radius 1 is 0.909 bits per heavy atom. The van der Waals surface area contributed by atoms with E-state index in [0.717, 1.165) is 26.9 Å². The van der Waals surface area contributed by atoms with Crippen LogP contribution in [-0.2, 0) is 9.59 Å². The van der Waals surface area contributed by atoms with Gasteiger partial charge < -0.3 is 9.47 Å². The summed E-state index contributed by atoms with van der Waals surface area (Å²) in [6.07, 6.45) is 0. The normalized spacial score (nSPS) is 16.2. The first-order chi connectivity index (χ1) is 15.8. The molecule has 0 aliphatic carbocycles. The van der Waals surface area contributed by atoms with E-state index in [9.17, 15) is 9.59 Å². The van der Waals surface area contributed by atoms with Gasteiger partial charge in [-0.25, -0.2) is 0 Å². The van der Waals surface area contributed by atoms with Crippen molar-refractivity contribution in [1.29, 1.82) is 0 Å². The summed E-state index contributed by atoms with van der Waals surface area (Å²) in [7, 11) is 3.09. The highest BCUT2D eigenvalue weighted by Gasteiger charge is 2.43. The smallest absolute Gasteiger partial charge is 0.255 e. The van der Waals surface area contributed by atoms with Gasteiger partial charge in [-0.1, -0.05) is 45.8 Å². The Kier molecular flexibility index (Phi) is 6.42. The zero-order valence-electron chi connectivity index (χ0n) is 19.0. The van der Waals surface area contributed by atoms with Crippen LogP contribution in [0, 0.1) is 13.8 Å². The van der Waals surface area contributed by atoms with E-state index in [1.807, 2.05) is 56.3 Å². The Morgan fingerprint density at radius 2 is 1.67 bits per heavy atom. The fraction of sp³-hybridized carbons (Fsp3) is 0.231. The van der Waals surface area contributed by atoms with Gasteiger partial charge in [0.1, 0.15) is 24.1 Å². The summed E-state index contributed by atoms with van der Waals surface area (Å²) in [4.78, 5) is 30.7. The van der Waals surface area contributed by atoms with Crippen LogP contribution in [0.2, 0.25) is 0 Å². The van der Waals surface area contributed by atoms with Gasteiger partial charge in [0.15, 0.2) is 0 Å². The average molecular weight is 509 g/mol. The van der Waals surface area contributed by atoms with Crippen LogP contribution in [0.1, 0.15) is 22.7 Å². The van der Waals surface area contributed by atoms with Gasteiger partial charge >= 0.3 is 0 Å². The maximum atomic E-state index is 14.0. The molecule has 0 bridgehead atoms.